The Morgan fingerprint density at radius 1 is 1.45 bits per heavy atom. The van der Waals surface area contributed by atoms with Crippen LogP contribution >= 0.6 is 0 Å². The number of rotatable bonds is 3. The molecule has 0 spiro atoms. The van der Waals surface area contributed by atoms with Gasteiger partial charge in [-0.3, -0.25) is 9.67 Å². The number of aryl methyl sites for hydroxylation is 2. The molecule has 0 bridgehead atoms. The molecular weight excluding hydrogens is 278 g/mol. The SMILES string of the molecule is CN=C(NCc1nccn1C)N1CCC(c2cnn(C)c2)C1. The first-order chi connectivity index (χ1) is 10.7. The number of aromatic nitrogens is 4. The van der Waals surface area contributed by atoms with E-state index in [9.17, 15) is 0 Å². The summed E-state index contributed by atoms with van der Waals surface area (Å²) in [6.07, 6.45) is 8.98. The van der Waals surface area contributed by atoms with Crippen molar-refractivity contribution in [2.24, 2.45) is 19.1 Å². The molecule has 1 aliphatic rings. The first kappa shape index (κ1) is 14.6. The molecule has 3 heterocycles. The lowest BCUT2D eigenvalue weighted by Crippen LogP contribution is -2.39. The van der Waals surface area contributed by atoms with Gasteiger partial charge in [-0.2, -0.15) is 5.10 Å². The third kappa shape index (κ3) is 2.98. The molecule has 0 radical (unpaired) electrons. The van der Waals surface area contributed by atoms with Crippen molar-refractivity contribution in [2.45, 2.75) is 18.9 Å². The van der Waals surface area contributed by atoms with E-state index in [1.807, 2.05) is 49.0 Å². The van der Waals surface area contributed by atoms with Crippen LogP contribution in [-0.4, -0.2) is 50.3 Å². The summed E-state index contributed by atoms with van der Waals surface area (Å²) in [6, 6.07) is 0. The van der Waals surface area contributed by atoms with Gasteiger partial charge in [0.15, 0.2) is 5.96 Å². The molecule has 2 aromatic rings. The van der Waals surface area contributed by atoms with Crippen LogP contribution in [0.15, 0.2) is 29.8 Å². The maximum Gasteiger partial charge on any atom is 0.194 e. The Morgan fingerprint density at radius 3 is 2.95 bits per heavy atom. The molecule has 7 heteroatoms. The maximum atomic E-state index is 4.41. The smallest absolute Gasteiger partial charge is 0.194 e. The number of nitrogens with one attached hydrogen (secondary N) is 1. The fourth-order valence-electron chi connectivity index (χ4n) is 2.93. The van der Waals surface area contributed by atoms with Crippen molar-refractivity contribution in [1.82, 2.24) is 29.5 Å². The van der Waals surface area contributed by atoms with E-state index in [0.29, 0.717) is 12.5 Å². The summed E-state index contributed by atoms with van der Waals surface area (Å²) in [5.41, 5.74) is 1.31. The highest BCUT2D eigenvalue weighted by atomic mass is 15.3. The fourth-order valence-corrected chi connectivity index (χ4v) is 2.93. The minimum atomic E-state index is 0.528. The second-order valence-corrected chi connectivity index (χ2v) is 5.73. The molecule has 1 saturated heterocycles. The maximum absolute atomic E-state index is 4.41. The molecule has 1 fully saturated rings. The molecule has 0 amide bonds. The molecule has 0 saturated carbocycles. The van der Waals surface area contributed by atoms with Crippen LogP contribution in [0, 0.1) is 0 Å². The van der Waals surface area contributed by atoms with Crippen LogP contribution in [0.2, 0.25) is 0 Å². The Bertz CT molecular complexity index is 654. The highest BCUT2D eigenvalue weighted by Crippen LogP contribution is 2.26. The van der Waals surface area contributed by atoms with Gasteiger partial charge in [-0.15, -0.1) is 0 Å². The van der Waals surface area contributed by atoms with Crippen molar-refractivity contribution in [1.29, 1.82) is 0 Å². The molecule has 1 atom stereocenters. The largest absolute Gasteiger partial charge is 0.349 e. The van der Waals surface area contributed by atoms with Crippen LogP contribution in [0.25, 0.3) is 0 Å². The Hall–Kier alpha value is -2.31. The predicted molar refractivity (Wildman–Crippen MR) is 85.5 cm³/mol. The summed E-state index contributed by atoms with van der Waals surface area (Å²) < 4.78 is 3.88. The van der Waals surface area contributed by atoms with Crippen LogP contribution in [0.5, 0.6) is 0 Å². The van der Waals surface area contributed by atoms with Crippen LogP contribution in [-0.2, 0) is 20.6 Å². The third-order valence-corrected chi connectivity index (χ3v) is 4.22. The third-order valence-electron chi connectivity index (χ3n) is 4.22. The van der Waals surface area contributed by atoms with Gasteiger partial charge in [-0.1, -0.05) is 0 Å². The number of hydrogen-bond acceptors (Lipinski definition) is 3. The minimum Gasteiger partial charge on any atom is -0.349 e. The molecule has 1 aliphatic heterocycles. The van der Waals surface area contributed by atoms with Gasteiger partial charge in [0.1, 0.15) is 5.82 Å². The van der Waals surface area contributed by atoms with Gasteiger partial charge < -0.3 is 14.8 Å². The molecule has 3 rings (SSSR count). The van der Waals surface area contributed by atoms with Crippen molar-refractivity contribution in [3.63, 3.8) is 0 Å². The van der Waals surface area contributed by atoms with Gasteiger partial charge in [0.05, 0.1) is 12.7 Å². The van der Waals surface area contributed by atoms with E-state index >= 15 is 0 Å². The average Bonchev–Trinajstić information content (AvgIpc) is 3.22. The normalized spacial score (nSPS) is 19.0. The van der Waals surface area contributed by atoms with Crippen LogP contribution in [0.3, 0.4) is 0 Å². The zero-order valence-corrected chi connectivity index (χ0v) is 13.4. The lowest BCUT2D eigenvalue weighted by atomic mass is 10.0. The Kier molecular flexibility index (Phi) is 4.13. The average molecular weight is 301 g/mol. The first-order valence-corrected chi connectivity index (χ1v) is 7.57. The molecule has 0 aromatic carbocycles. The number of imidazole rings is 1. The number of guanidine groups is 1. The van der Waals surface area contributed by atoms with E-state index in [0.717, 1.165) is 31.3 Å². The van der Waals surface area contributed by atoms with Crippen molar-refractivity contribution < 1.29 is 0 Å². The highest BCUT2D eigenvalue weighted by Gasteiger charge is 2.26. The standard InChI is InChI=1S/C15H23N7/c1-16-15(18-9-14-17-5-7-20(14)2)22-6-4-12(11-22)13-8-19-21(3)10-13/h5,7-8,10,12H,4,6,9,11H2,1-3H3,(H,16,18). The molecule has 7 nitrogen and oxygen atoms in total. The summed E-state index contributed by atoms with van der Waals surface area (Å²) in [4.78, 5) is 11.0. The van der Waals surface area contributed by atoms with E-state index in [-0.39, 0.29) is 0 Å². The lowest BCUT2D eigenvalue weighted by Gasteiger charge is -2.21. The van der Waals surface area contributed by atoms with E-state index in [1.54, 1.807) is 0 Å². The van der Waals surface area contributed by atoms with Gasteiger partial charge >= 0.3 is 0 Å². The van der Waals surface area contributed by atoms with Crippen molar-refractivity contribution in [3.05, 3.63) is 36.2 Å². The van der Waals surface area contributed by atoms with Gasteiger partial charge in [-0.05, 0) is 12.0 Å². The molecule has 118 valence electrons. The second kappa shape index (κ2) is 6.21. The van der Waals surface area contributed by atoms with Crippen molar-refractivity contribution in [3.8, 4) is 0 Å². The number of hydrogen-bond donors (Lipinski definition) is 1. The summed E-state index contributed by atoms with van der Waals surface area (Å²) in [5.74, 6) is 2.47. The zero-order chi connectivity index (χ0) is 15.5. The first-order valence-electron chi connectivity index (χ1n) is 7.57. The summed E-state index contributed by atoms with van der Waals surface area (Å²) >= 11 is 0. The van der Waals surface area contributed by atoms with Crippen molar-refractivity contribution >= 4 is 5.96 Å². The van der Waals surface area contributed by atoms with Gasteiger partial charge in [0, 0.05) is 58.7 Å². The quantitative estimate of drug-likeness (QED) is 0.670. The van der Waals surface area contributed by atoms with Gasteiger partial charge in [-0.25, -0.2) is 4.98 Å². The fraction of sp³-hybridized carbons (Fsp3) is 0.533. The van der Waals surface area contributed by atoms with Crippen LogP contribution in [0.4, 0.5) is 0 Å². The van der Waals surface area contributed by atoms with E-state index in [4.69, 9.17) is 0 Å². The van der Waals surface area contributed by atoms with Gasteiger partial charge in [0.2, 0.25) is 0 Å². The van der Waals surface area contributed by atoms with E-state index < -0.39 is 0 Å². The summed E-state index contributed by atoms with van der Waals surface area (Å²) in [5, 5.41) is 7.68. The summed E-state index contributed by atoms with van der Waals surface area (Å²) in [7, 11) is 5.79. The number of likely N-dealkylation sites (tertiary alicyclic amines) is 1. The Morgan fingerprint density at radius 2 is 2.32 bits per heavy atom. The van der Waals surface area contributed by atoms with Gasteiger partial charge in [0.25, 0.3) is 0 Å². The number of aliphatic imine (C=N–C) groups is 1. The number of nitrogens with zero attached hydrogens (tertiary/aromatic N) is 6. The minimum absolute atomic E-state index is 0.528. The monoisotopic (exact) mass is 301 g/mol. The Balaban J connectivity index is 1.59. The highest BCUT2D eigenvalue weighted by molar-refractivity contribution is 5.80. The summed E-state index contributed by atoms with van der Waals surface area (Å²) in [6.45, 7) is 2.68. The molecule has 1 N–H and O–H groups in total. The van der Waals surface area contributed by atoms with Crippen LogP contribution < -0.4 is 5.32 Å². The second-order valence-electron chi connectivity index (χ2n) is 5.73. The molecule has 0 aliphatic carbocycles. The van der Waals surface area contributed by atoms with E-state index in [1.165, 1.54) is 5.56 Å². The van der Waals surface area contributed by atoms with E-state index in [2.05, 4.69) is 31.5 Å². The topological polar surface area (TPSA) is 63.3 Å². The molecule has 22 heavy (non-hydrogen) atoms. The molecule has 2 aromatic heterocycles. The molecular formula is C15H23N7. The van der Waals surface area contributed by atoms with Crippen molar-refractivity contribution in [2.75, 3.05) is 20.1 Å². The lowest BCUT2D eigenvalue weighted by molar-refractivity contribution is 0.483. The van der Waals surface area contributed by atoms with Crippen LogP contribution in [0.1, 0.15) is 23.7 Å². The Labute approximate surface area is 130 Å². The predicted octanol–water partition coefficient (Wildman–Crippen LogP) is 0.718. The molecule has 1 unspecified atom stereocenters. The zero-order valence-electron chi connectivity index (χ0n) is 13.4.